The van der Waals surface area contributed by atoms with Crippen LogP contribution in [0, 0.1) is 5.82 Å². The molecule has 3 rings (SSSR count). The summed E-state index contributed by atoms with van der Waals surface area (Å²) in [6.45, 7) is 4.66. The molecule has 0 radical (unpaired) electrons. The van der Waals surface area contributed by atoms with Crippen LogP contribution in [-0.2, 0) is 0 Å². The molecular formula is C14H13FSi. The van der Waals surface area contributed by atoms with Gasteiger partial charge in [-0.15, -0.1) is 0 Å². The predicted octanol–water partition coefficient (Wildman–Crippen LogP) is 2.63. The first-order valence-corrected chi connectivity index (χ1v) is 8.50. The number of halogens is 1. The van der Waals surface area contributed by atoms with E-state index in [1.165, 1.54) is 15.9 Å². The summed E-state index contributed by atoms with van der Waals surface area (Å²) < 4.78 is 13.3. The third-order valence-electron chi connectivity index (χ3n) is 3.55. The van der Waals surface area contributed by atoms with Gasteiger partial charge < -0.3 is 0 Å². The van der Waals surface area contributed by atoms with Crippen LogP contribution >= 0.6 is 0 Å². The fraction of sp³-hybridized carbons (Fsp3) is 0.143. The summed E-state index contributed by atoms with van der Waals surface area (Å²) in [5.74, 6) is -0.139. The van der Waals surface area contributed by atoms with Crippen molar-refractivity contribution in [1.29, 1.82) is 0 Å². The van der Waals surface area contributed by atoms with Crippen LogP contribution in [0.4, 0.5) is 4.39 Å². The minimum Gasteiger partial charge on any atom is -0.207 e. The molecule has 0 nitrogen and oxygen atoms in total. The predicted molar refractivity (Wildman–Crippen MR) is 68.6 cm³/mol. The van der Waals surface area contributed by atoms with E-state index in [0.29, 0.717) is 0 Å². The van der Waals surface area contributed by atoms with E-state index in [1.54, 1.807) is 12.1 Å². The molecule has 1 aliphatic rings. The van der Waals surface area contributed by atoms with Gasteiger partial charge in [0, 0.05) is 0 Å². The number of hydrogen-bond donors (Lipinski definition) is 0. The maximum atomic E-state index is 13.3. The van der Waals surface area contributed by atoms with E-state index in [0.717, 1.165) is 5.56 Å². The summed E-state index contributed by atoms with van der Waals surface area (Å²) in [6, 6.07) is 13.6. The molecule has 0 aromatic heterocycles. The average Bonchev–Trinajstić information content (AvgIpc) is 2.49. The zero-order valence-electron chi connectivity index (χ0n) is 9.42. The quantitative estimate of drug-likeness (QED) is 0.608. The Labute approximate surface area is 95.8 Å². The zero-order valence-corrected chi connectivity index (χ0v) is 10.4. The van der Waals surface area contributed by atoms with Crippen LogP contribution in [0.15, 0.2) is 42.5 Å². The molecule has 2 aromatic rings. The standard InChI is InChI=1S/C14H13FSi/c1-16(2)13-6-4-3-5-11(13)12-9-10(15)7-8-14(12)16/h3-9H,1-2H3. The van der Waals surface area contributed by atoms with Gasteiger partial charge in [-0.25, -0.2) is 4.39 Å². The summed E-state index contributed by atoms with van der Waals surface area (Å²) in [5.41, 5.74) is 2.33. The zero-order chi connectivity index (χ0) is 11.3. The van der Waals surface area contributed by atoms with Gasteiger partial charge >= 0.3 is 0 Å². The van der Waals surface area contributed by atoms with E-state index in [4.69, 9.17) is 0 Å². The Morgan fingerprint density at radius 1 is 0.875 bits per heavy atom. The second kappa shape index (κ2) is 3.05. The van der Waals surface area contributed by atoms with E-state index in [-0.39, 0.29) is 5.82 Å². The molecule has 0 unspecified atom stereocenters. The summed E-state index contributed by atoms with van der Waals surface area (Å²) in [4.78, 5) is 0. The Morgan fingerprint density at radius 3 is 2.38 bits per heavy atom. The lowest BCUT2D eigenvalue weighted by molar-refractivity contribution is 0.629. The summed E-state index contributed by atoms with van der Waals surface area (Å²) in [6.07, 6.45) is 0. The second-order valence-corrected chi connectivity index (χ2v) is 9.19. The fourth-order valence-electron chi connectivity index (χ4n) is 2.69. The van der Waals surface area contributed by atoms with E-state index < -0.39 is 8.07 Å². The molecule has 0 atom stereocenters. The SMILES string of the molecule is C[Si]1(C)c2ccccc2-c2cc(F)ccc21. The van der Waals surface area contributed by atoms with Crippen LogP contribution in [0.5, 0.6) is 0 Å². The van der Waals surface area contributed by atoms with Crippen molar-refractivity contribution in [1.82, 2.24) is 0 Å². The van der Waals surface area contributed by atoms with Crippen molar-refractivity contribution in [3.05, 3.63) is 48.3 Å². The Bertz CT molecular complexity index is 573. The van der Waals surface area contributed by atoms with Crippen molar-refractivity contribution in [3.63, 3.8) is 0 Å². The van der Waals surface area contributed by atoms with Crippen LogP contribution in [-0.4, -0.2) is 8.07 Å². The van der Waals surface area contributed by atoms with Gasteiger partial charge in [0.05, 0.1) is 0 Å². The Hall–Kier alpha value is -1.41. The molecule has 2 aromatic carbocycles. The van der Waals surface area contributed by atoms with Crippen LogP contribution in [0.1, 0.15) is 0 Å². The number of rotatable bonds is 0. The maximum absolute atomic E-state index is 13.3. The third-order valence-corrected chi connectivity index (χ3v) is 7.11. The van der Waals surface area contributed by atoms with Crippen molar-refractivity contribution in [2.24, 2.45) is 0 Å². The van der Waals surface area contributed by atoms with Gasteiger partial charge in [0.25, 0.3) is 0 Å². The first-order valence-electron chi connectivity index (χ1n) is 5.50. The monoisotopic (exact) mass is 228 g/mol. The van der Waals surface area contributed by atoms with E-state index in [2.05, 4.69) is 31.3 Å². The first-order chi connectivity index (χ1) is 7.60. The summed E-state index contributed by atoms with van der Waals surface area (Å²) in [5, 5.41) is 2.78. The number of fused-ring (bicyclic) bond motifs is 3. The molecule has 0 saturated heterocycles. The first kappa shape index (κ1) is 9.79. The van der Waals surface area contributed by atoms with Crippen molar-refractivity contribution in [3.8, 4) is 11.1 Å². The highest BCUT2D eigenvalue weighted by Crippen LogP contribution is 2.28. The lowest BCUT2D eigenvalue weighted by atomic mass is 10.1. The van der Waals surface area contributed by atoms with Gasteiger partial charge in [0.1, 0.15) is 13.9 Å². The minimum atomic E-state index is -1.57. The van der Waals surface area contributed by atoms with E-state index in [1.807, 2.05) is 12.1 Å². The molecule has 0 saturated carbocycles. The van der Waals surface area contributed by atoms with Gasteiger partial charge in [-0.05, 0) is 33.6 Å². The Balaban J connectivity index is 2.40. The maximum Gasteiger partial charge on any atom is 0.123 e. The molecule has 1 heterocycles. The second-order valence-electron chi connectivity index (χ2n) is 4.86. The van der Waals surface area contributed by atoms with Crippen molar-refractivity contribution in [2.75, 3.05) is 0 Å². The van der Waals surface area contributed by atoms with E-state index >= 15 is 0 Å². The van der Waals surface area contributed by atoms with Gasteiger partial charge in [-0.3, -0.25) is 0 Å². The van der Waals surface area contributed by atoms with Crippen molar-refractivity contribution >= 4 is 18.4 Å². The van der Waals surface area contributed by atoms with Crippen LogP contribution < -0.4 is 10.4 Å². The molecular weight excluding hydrogens is 215 g/mol. The molecule has 2 heteroatoms. The minimum absolute atomic E-state index is 0.139. The topological polar surface area (TPSA) is 0 Å². The fourth-order valence-corrected chi connectivity index (χ4v) is 5.77. The summed E-state index contributed by atoms with van der Waals surface area (Å²) in [7, 11) is -1.57. The highest BCUT2D eigenvalue weighted by Gasteiger charge is 2.36. The van der Waals surface area contributed by atoms with Crippen molar-refractivity contribution in [2.45, 2.75) is 13.1 Å². The lowest BCUT2D eigenvalue weighted by Crippen LogP contribution is -2.49. The Morgan fingerprint density at radius 2 is 1.56 bits per heavy atom. The summed E-state index contributed by atoms with van der Waals surface area (Å²) >= 11 is 0. The van der Waals surface area contributed by atoms with Gasteiger partial charge in [0.2, 0.25) is 0 Å². The van der Waals surface area contributed by atoms with Gasteiger partial charge in [0.15, 0.2) is 0 Å². The number of benzene rings is 2. The van der Waals surface area contributed by atoms with Crippen molar-refractivity contribution < 1.29 is 4.39 Å². The Kier molecular flexibility index (Phi) is 1.86. The van der Waals surface area contributed by atoms with Crippen LogP contribution in [0.3, 0.4) is 0 Å². The molecule has 0 spiro atoms. The normalized spacial score (nSPS) is 15.7. The molecule has 0 N–H and O–H groups in total. The van der Waals surface area contributed by atoms with Crippen LogP contribution in [0.2, 0.25) is 13.1 Å². The van der Waals surface area contributed by atoms with Gasteiger partial charge in [-0.1, -0.05) is 43.4 Å². The molecule has 0 amide bonds. The molecule has 0 fully saturated rings. The molecule has 0 aliphatic carbocycles. The highest BCUT2D eigenvalue weighted by molar-refractivity contribution is 7.03. The average molecular weight is 228 g/mol. The molecule has 0 bridgehead atoms. The highest BCUT2D eigenvalue weighted by atomic mass is 28.3. The number of hydrogen-bond acceptors (Lipinski definition) is 0. The molecule has 1 aliphatic heterocycles. The van der Waals surface area contributed by atoms with Crippen LogP contribution in [0.25, 0.3) is 11.1 Å². The third kappa shape index (κ3) is 1.13. The van der Waals surface area contributed by atoms with E-state index in [9.17, 15) is 4.39 Å². The molecule has 16 heavy (non-hydrogen) atoms. The molecule has 80 valence electrons. The van der Waals surface area contributed by atoms with Gasteiger partial charge in [-0.2, -0.15) is 0 Å². The smallest absolute Gasteiger partial charge is 0.123 e. The largest absolute Gasteiger partial charge is 0.207 e. The lowest BCUT2D eigenvalue weighted by Gasteiger charge is -2.18.